The van der Waals surface area contributed by atoms with Crippen LogP contribution < -0.4 is 21.1 Å². The topological polar surface area (TPSA) is 132 Å². The number of ether oxygens (including phenoxy) is 1. The van der Waals surface area contributed by atoms with E-state index >= 15 is 0 Å². The van der Waals surface area contributed by atoms with Crippen molar-refractivity contribution in [2.45, 2.75) is 6.92 Å². The van der Waals surface area contributed by atoms with Crippen molar-refractivity contribution in [1.82, 2.24) is 15.0 Å². The van der Waals surface area contributed by atoms with Crippen molar-refractivity contribution < 1.29 is 18.7 Å². The highest BCUT2D eigenvalue weighted by Gasteiger charge is 2.15. The monoisotopic (exact) mass is 484 g/mol. The Hall–Kier alpha value is -5.12. The van der Waals surface area contributed by atoms with Gasteiger partial charge in [0.1, 0.15) is 5.82 Å². The number of carbonyl (C=O) groups excluding carboxylic acids is 2. The Morgan fingerprint density at radius 3 is 2.53 bits per heavy atom. The van der Waals surface area contributed by atoms with Gasteiger partial charge in [-0.1, -0.05) is 12.6 Å². The molecule has 0 atom stereocenters. The largest absolute Gasteiger partial charge is 0.421 e. The number of aryl methyl sites for hydroxylation is 1. The van der Waals surface area contributed by atoms with E-state index in [1.54, 1.807) is 43.3 Å². The van der Waals surface area contributed by atoms with Crippen LogP contribution in [0.1, 0.15) is 16.1 Å². The molecule has 0 bridgehead atoms. The minimum absolute atomic E-state index is 0.0267. The van der Waals surface area contributed by atoms with Crippen molar-refractivity contribution in [3.63, 3.8) is 0 Å². The third kappa shape index (κ3) is 5.68. The maximum absolute atomic E-state index is 14.9. The molecule has 0 aliphatic heterocycles. The van der Waals surface area contributed by atoms with Crippen LogP contribution in [0.25, 0.3) is 11.1 Å². The smallest absolute Gasteiger partial charge is 0.322 e. The molecule has 10 heteroatoms. The molecule has 0 unspecified atom stereocenters. The molecule has 2 aromatic heterocycles. The molecule has 36 heavy (non-hydrogen) atoms. The number of nitrogens with one attached hydrogen (secondary N) is 2. The number of anilines is 3. The fourth-order valence-electron chi connectivity index (χ4n) is 3.22. The van der Waals surface area contributed by atoms with E-state index < -0.39 is 11.7 Å². The molecule has 0 aliphatic rings. The van der Waals surface area contributed by atoms with E-state index in [0.717, 1.165) is 6.08 Å². The van der Waals surface area contributed by atoms with E-state index in [4.69, 9.17) is 10.5 Å². The molecule has 2 heterocycles. The molecule has 4 N–H and O–H groups in total. The molecule has 0 aliphatic carbocycles. The van der Waals surface area contributed by atoms with Crippen molar-refractivity contribution in [1.29, 1.82) is 0 Å². The van der Waals surface area contributed by atoms with Crippen LogP contribution in [0, 0.1) is 12.7 Å². The molecule has 4 aromatic rings. The Morgan fingerprint density at radius 1 is 1.06 bits per heavy atom. The van der Waals surface area contributed by atoms with E-state index in [1.807, 2.05) is 0 Å². The van der Waals surface area contributed by atoms with Gasteiger partial charge in [-0.2, -0.15) is 0 Å². The minimum atomic E-state index is -0.649. The van der Waals surface area contributed by atoms with E-state index in [0.29, 0.717) is 33.8 Å². The van der Waals surface area contributed by atoms with Gasteiger partial charge in [-0.15, -0.1) is 0 Å². The Balaban J connectivity index is 1.56. The zero-order chi connectivity index (χ0) is 25.7. The standard InChI is InChI=1S/C26H21FN6O3/c1-3-24(34)32-18-7-4-16(5-8-18)25(35)33-21-13-23(28)30-14-19(21)17-6-9-22(20(27)12-17)36-26-29-11-10-15(2)31-26/h3-14H,1H2,2H3,(H,32,34)(H3,28,30,33,35). The quantitative estimate of drug-likeness (QED) is 0.323. The summed E-state index contributed by atoms with van der Waals surface area (Å²) in [6, 6.07) is 13.8. The average molecular weight is 484 g/mol. The van der Waals surface area contributed by atoms with Crippen LogP contribution in [0.15, 0.2) is 79.6 Å². The lowest BCUT2D eigenvalue weighted by Gasteiger charge is -2.13. The third-order valence-electron chi connectivity index (χ3n) is 4.99. The zero-order valence-corrected chi connectivity index (χ0v) is 19.2. The van der Waals surface area contributed by atoms with Crippen molar-refractivity contribution in [3.05, 3.63) is 96.7 Å². The highest BCUT2D eigenvalue weighted by atomic mass is 19.1. The summed E-state index contributed by atoms with van der Waals surface area (Å²) in [5.74, 6) is -1.32. The summed E-state index contributed by atoms with van der Waals surface area (Å²) in [6.07, 6.45) is 4.11. The van der Waals surface area contributed by atoms with Gasteiger partial charge in [0.15, 0.2) is 11.6 Å². The van der Waals surface area contributed by atoms with Crippen molar-refractivity contribution in [2.75, 3.05) is 16.4 Å². The summed E-state index contributed by atoms with van der Waals surface area (Å²) < 4.78 is 20.3. The highest BCUT2D eigenvalue weighted by molar-refractivity contribution is 6.07. The Bertz CT molecular complexity index is 1460. The van der Waals surface area contributed by atoms with Crippen LogP contribution in [-0.4, -0.2) is 26.8 Å². The second kappa shape index (κ2) is 10.4. The number of nitrogen functional groups attached to an aromatic ring is 1. The number of nitrogens with zero attached hydrogens (tertiary/aromatic N) is 3. The minimum Gasteiger partial charge on any atom is -0.421 e. The molecular formula is C26H21FN6O3. The van der Waals surface area contributed by atoms with Gasteiger partial charge in [0.25, 0.3) is 5.91 Å². The molecule has 4 rings (SSSR count). The first-order chi connectivity index (χ1) is 17.3. The molecule has 2 aromatic carbocycles. The lowest BCUT2D eigenvalue weighted by atomic mass is 10.0. The third-order valence-corrected chi connectivity index (χ3v) is 4.99. The zero-order valence-electron chi connectivity index (χ0n) is 19.2. The Labute approximate surface area is 205 Å². The molecule has 0 saturated heterocycles. The van der Waals surface area contributed by atoms with E-state index in [1.165, 1.54) is 30.6 Å². The van der Waals surface area contributed by atoms with Crippen LogP contribution >= 0.6 is 0 Å². The van der Waals surface area contributed by atoms with Crippen LogP contribution in [0.4, 0.5) is 21.6 Å². The summed E-state index contributed by atoms with van der Waals surface area (Å²) in [5.41, 5.74) is 8.59. The van der Waals surface area contributed by atoms with Gasteiger partial charge < -0.3 is 21.1 Å². The number of pyridine rings is 1. The summed E-state index contributed by atoms with van der Waals surface area (Å²) in [7, 11) is 0. The number of carbonyl (C=O) groups is 2. The molecular weight excluding hydrogens is 463 g/mol. The predicted octanol–water partition coefficient (Wildman–Crippen LogP) is 4.74. The molecule has 0 spiro atoms. The van der Waals surface area contributed by atoms with Gasteiger partial charge in [0.2, 0.25) is 5.91 Å². The lowest BCUT2D eigenvalue weighted by Crippen LogP contribution is -2.14. The van der Waals surface area contributed by atoms with E-state index in [-0.39, 0.29) is 23.5 Å². The molecule has 2 amide bonds. The van der Waals surface area contributed by atoms with Gasteiger partial charge in [0, 0.05) is 41.0 Å². The number of amides is 2. The summed E-state index contributed by atoms with van der Waals surface area (Å²) in [6.45, 7) is 5.17. The lowest BCUT2D eigenvalue weighted by molar-refractivity contribution is -0.111. The highest BCUT2D eigenvalue weighted by Crippen LogP contribution is 2.33. The summed E-state index contributed by atoms with van der Waals surface area (Å²) in [5, 5.41) is 5.39. The predicted molar refractivity (Wildman–Crippen MR) is 134 cm³/mol. The molecule has 9 nitrogen and oxygen atoms in total. The van der Waals surface area contributed by atoms with Crippen molar-refractivity contribution >= 4 is 29.0 Å². The van der Waals surface area contributed by atoms with Gasteiger partial charge in [-0.3, -0.25) is 9.59 Å². The first kappa shape index (κ1) is 24.0. The molecule has 180 valence electrons. The fraction of sp³-hybridized carbons (Fsp3) is 0.0385. The summed E-state index contributed by atoms with van der Waals surface area (Å²) in [4.78, 5) is 36.4. The Kier molecular flexibility index (Phi) is 6.96. The number of nitrogens with two attached hydrogens (primary N) is 1. The number of hydrogen-bond donors (Lipinski definition) is 3. The Morgan fingerprint density at radius 2 is 1.83 bits per heavy atom. The SMILES string of the molecule is C=CC(=O)Nc1ccc(C(=O)Nc2cc(N)ncc2-c2ccc(Oc3nccc(C)n3)c(F)c2)cc1. The maximum atomic E-state index is 14.9. The van der Waals surface area contributed by atoms with Crippen molar-refractivity contribution in [3.8, 4) is 22.9 Å². The van der Waals surface area contributed by atoms with E-state index in [2.05, 4.69) is 32.2 Å². The van der Waals surface area contributed by atoms with Crippen LogP contribution in [-0.2, 0) is 4.79 Å². The number of hydrogen-bond acceptors (Lipinski definition) is 7. The molecule has 0 fully saturated rings. The maximum Gasteiger partial charge on any atom is 0.322 e. The number of rotatable bonds is 7. The van der Waals surface area contributed by atoms with Gasteiger partial charge in [0.05, 0.1) is 5.69 Å². The van der Waals surface area contributed by atoms with Gasteiger partial charge in [-0.05, 0) is 61.0 Å². The fourth-order valence-corrected chi connectivity index (χ4v) is 3.22. The van der Waals surface area contributed by atoms with Crippen LogP contribution in [0.3, 0.4) is 0 Å². The second-order valence-electron chi connectivity index (χ2n) is 7.61. The van der Waals surface area contributed by atoms with Crippen LogP contribution in [0.2, 0.25) is 0 Å². The second-order valence-corrected chi connectivity index (χ2v) is 7.61. The van der Waals surface area contributed by atoms with E-state index in [9.17, 15) is 14.0 Å². The number of aromatic nitrogens is 3. The molecule has 0 saturated carbocycles. The molecule has 0 radical (unpaired) electrons. The summed E-state index contributed by atoms with van der Waals surface area (Å²) >= 11 is 0. The van der Waals surface area contributed by atoms with Crippen molar-refractivity contribution in [2.24, 2.45) is 0 Å². The number of benzene rings is 2. The van der Waals surface area contributed by atoms with Gasteiger partial charge in [-0.25, -0.2) is 19.3 Å². The number of halogens is 1. The first-order valence-corrected chi connectivity index (χ1v) is 10.7. The van der Waals surface area contributed by atoms with Gasteiger partial charge >= 0.3 is 6.01 Å². The van der Waals surface area contributed by atoms with Crippen LogP contribution in [0.5, 0.6) is 11.8 Å². The average Bonchev–Trinajstić information content (AvgIpc) is 2.86. The normalized spacial score (nSPS) is 10.4. The first-order valence-electron chi connectivity index (χ1n) is 10.7.